The molecule has 8 nitrogen and oxygen atoms in total. The first-order chi connectivity index (χ1) is 18.0. The fourth-order valence-electron chi connectivity index (χ4n) is 5.53. The largest absolute Gasteiger partial charge is 0.380 e. The number of nitrogens with one attached hydrogen (secondary N) is 2. The van der Waals surface area contributed by atoms with E-state index < -0.39 is 23.8 Å². The topological polar surface area (TPSA) is 98.8 Å². The molecule has 3 heterocycles. The Morgan fingerprint density at radius 3 is 2.19 bits per heavy atom. The molecule has 0 saturated carbocycles. The van der Waals surface area contributed by atoms with Crippen LogP contribution >= 0.6 is 0 Å². The van der Waals surface area contributed by atoms with Gasteiger partial charge in [-0.1, -0.05) is 56.0 Å². The summed E-state index contributed by atoms with van der Waals surface area (Å²) in [6.45, 7) is 3.78. The van der Waals surface area contributed by atoms with Crippen molar-refractivity contribution in [3.63, 3.8) is 0 Å². The highest BCUT2D eigenvalue weighted by atomic mass is 16.2. The molecule has 0 unspecified atom stereocenters. The molecule has 2 fully saturated rings. The van der Waals surface area contributed by atoms with Crippen LogP contribution in [0.25, 0.3) is 0 Å². The SMILES string of the molecule is O=C1CC[C@H](N2C(=O)c3cccc(NCc4ccc(CN5CCCCCCCC5)cc4)c3C2=O)C(=O)N1. The Morgan fingerprint density at radius 1 is 0.811 bits per heavy atom. The van der Waals surface area contributed by atoms with Crippen LogP contribution in [0.3, 0.4) is 0 Å². The zero-order chi connectivity index (χ0) is 25.8. The monoisotopic (exact) mass is 502 g/mol. The van der Waals surface area contributed by atoms with Crippen molar-refractivity contribution in [1.82, 2.24) is 15.1 Å². The number of rotatable bonds is 6. The summed E-state index contributed by atoms with van der Waals surface area (Å²) in [7, 11) is 0. The van der Waals surface area contributed by atoms with E-state index in [0.717, 1.165) is 30.1 Å². The zero-order valence-corrected chi connectivity index (χ0v) is 21.1. The summed E-state index contributed by atoms with van der Waals surface area (Å²) < 4.78 is 0. The molecular weight excluding hydrogens is 468 g/mol. The number of anilines is 1. The van der Waals surface area contributed by atoms with Gasteiger partial charge in [0.1, 0.15) is 6.04 Å². The molecule has 0 aliphatic carbocycles. The van der Waals surface area contributed by atoms with Gasteiger partial charge in [-0.05, 0) is 55.6 Å². The van der Waals surface area contributed by atoms with Crippen molar-refractivity contribution in [2.45, 2.75) is 70.5 Å². The second kappa shape index (κ2) is 11.3. The van der Waals surface area contributed by atoms with Gasteiger partial charge in [-0.15, -0.1) is 0 Å². The first kappa shape index (κ1) is 25.1. The fourth-order valence-corrected chi connectivity index (χ4v) is 5.53. The molecule has 0 spiro atoms. The summed E-state index contributed by atoms with van der Waals surface area (Å²) in [5, 5.41) is 5.54. The minimum atomic E-state index is -0.969. The molecule has 0 radical (unpaired) electrons. The Hall–Kier alpha value is -3.52. The molecule has 2 aromatic carbocycles. The highest BCUT2D eigenvalue weighted by molar-refractivity contribution is 6.25. The van der Waals surface area contributed by atoms with Gasteiger partial charge in [-0.2, -0.15) is 0 Å². The molecule has 3 aliphatic heterocycles. The number of benzene rings is 2. The number of hydrogen-bond acceptors (Lipinski definition) is 6. The van der Waals surface area contributed by atoms with Crippen molar-refractivity contribution in [3.8, 4) is 0 Å². The molecule has 37 heavy (non-hydrogen) atoms. The molecule has 0 bridgehead atoms. The summed E-state index contributed by atoms with van der Waals surface area (Å²) in [5.74, 6) is -1.99. The van der Waals surface area contributed by atoms with Gasteiger partial charge in [0, 0.05) is 25.2 Å². The second-order valence-electron chi connectivity index (χ2n) is 10.2. The molecule has 1 atom stereocenters. The van der Waals surface area contributed by atoms with E-state index in [2.05, 4.69) is 39.8 Å². The van der Waals surface area contributed by atoms with Crippen LogP contribution in [0.5, 0.6) is 0 Å². The van der Waals surface area contributed by atoms with Gasteiger partial charge in [-0.25, -0.2) is 0 Å². The minimum absolute atomic E-state index is 0.0999. The second-order valence-corrected chi connectivity index (χ2v) is 10.2. The lowest BCUT2D eigenvalue weighted by Gasteiger charge is -2.27. The van der Waals surface area contributed by atoms with Crippen molar-refractivity contribution in [1.29, 1.82) is 0 Å². The lowest BCUT2D eigenvalue weighted by atomic mass is 10.0. The van der Waals surface area contributed by atoms with E-state index in [4.69, 9.17) is 0 Å². The van der Waals surface area contributed by atoms with Crippen LogP contribution in [0.1, 0.15) is 83.2 Å². The van der Waals surface area contributed by atoms with Crippen LogP contribution in [-0.4, -0.2) is 52.6 Å². The minimum Gasteiger partial charge on any atom is -0.380 e. The van der Waals surface area contributed by atoms with E-state index in [-0.39, 0.29) is 29.9 Å². The summed E-state index contributed by atoms with van der Waals surface area (Å²) in [4.78, 5) is 53.7. The predicted molar refractivity (Wildman–Crippen MR) is 140 cm³/mol. The number of carbonyl (C=O) groups excluding carboxylic acids is 4. The quantitative estimate of drug-likeness (QED) is 0.582. The van der Waals surface area contributed by atoms with Gasteiger partial charge in [0.2, 0.25) is 11.8 Å². The average molecular weight is 503 g/mol. The molecule has 8 heteroatoms. The van der Waals surface area contributed by atoms with Crippen LogP contribution in [0.15, 0.2) is 42.5 Å². The van der Waals surface area contributed by atoms with Crippen molar-refractivity contribution < 1.29 is 19.2 Å². The van der Waals surface area contributed by atoms with Crippen LogP contribution in [0.2, 0.25) is 0 Å². The predicted octanol–water partition coefficient (Wildman–Crippen LogP) is 3.86. The first-order valence-electron chi connectivity index (χ1n) is 13.4. The van der Waals surface area contributed by atoms with Crippen molar-refractivity contribution in [2.24, 2.45) is 0 Å². The van der Waals surface area contributed by atoms with Gasteiger partial charge in [-0.3, -0.25) is 34.3 Å². The van der Waals surface area contributed by atoms with Gasteiger partial charge in [0.25, 0.3) is 11.8 Å². The van der Waals surface area contributed by atoms with Crippen LogP contribution in [-0.2, 0) is 22.7 Å². The summed E-state index contributed by atoms with van der Waals surface area (Å²) in [5.41, 5.74) is 3.49. The van der Waals surface area contributed by atoms with Crippen LogP contribution in [0, 0.1) is 0 Å². The number of piperidine rings is 1. The molecule has 2 N–H and O–H groups in total. The normalized spacial score (nSPS) is 21.2. The van der Waals surface area contributed by atoms with Crippen LogP contribution < -0.4 is 10.6 Å². The van der Waals surface area contributed by atoms with Gasteiger partial charge in [0.05, 0.1) is 11.1 Å². The third-order valence-electron chi connectivity index (χ3n) is 7.58. The van der Waals surface area contributed by atoms with E-state index in [1.54, 1.807) is 18.2 Å². The Bertz CT molecular complexity index is 1180. The van der Waals surface area contributed by atoms with Crippen LogP contribution in [0.4, 0.5) is 5.69 Å². The molecule has 2 saturated heterocycles. The number of fused-ring (bicyclic) bond motifs is 1. The number of nitrogens with zero attached hydrogens (tertiary/aromatic N) is 2. The molecule has 2 aromatic rings. The maximum absolute atomic E-state index is 13.3. The third-order valence-corrected chi connectivity index (χ3v) is 7.58. The van der Waals surface area contributed by atoms with Crippen molar-refractivity contribution in [3.05, 3.63) is 64.7 Å². The number of amides is 4. The Balaban J connectivity index is 1.23. The lowest BCUT2D eigenvalue weighted by molar-refractivity contribution is -0.136. The van der Waals surface area contributed by atoms with Crippen molar-refractivity contribution in [2.75, 3.05) is 18.4 Å². The molecule has 3 aliphatic rings. The highest BCUT2D eigenvalue weighted by Crippen LogP contribution is 2.32. The summed E-state index contributed by atoms with van der Waals surface area (Å²) in [6.07, 6.45) is 8.14. The van der Waals surface area contributed by atoms with Crippen molar-refractivity contribution >= 4 is 29.3 Å². The summed E-state index contributed by atoms with van der Waals surface area (Å²) in [6, 6.07) is 12.7. The maximum Gasteiger partial charge on any atom is 0.264 e. The Kier molecular flexibility index (Phi) is 7.65. The van der Waals surface area contributed by atoms with Gasteiger partial charge >= 0.3 is 0 Å². The van der Waals surface area contributed by atoms with E-state index in [1.165, 1.54) is 44.1 Å². The molecule has 4 amide bonds. The van der Waals surface area contributed by atoms with E-state index in [0.29, 0.717) is 12.2 Å². The average Bonchev–Trinajstić information content (AvgIpc) is 3.22. The summed E-state index contributed by atoms with van der Waals surface area (Å²) >= 11 is 0. The molecule has 194 valence electrons. The fraction of sp³-hybridized carbons (Fsp3) is 0.448. The number of carbonyl (C=O) groups is 4. The van der Waals surface area contributed by atoms with Gasteiger partial charge in [0.15, 0.2) is 0 Å². The maximum atomic E-state index is 13.3. The van der Waals surface area contributed by atoms with E-state index in [9.17, 15) is 19.2 Å². The zero-order valence-electron chi connectivity index (χ0n) is 21.1. The first-order valence-corrected chi connectivity index (χ1v) is 13.4. The molecule has 0 aromatic heterocycles. The highest BCUT2D eigenvalue weighted by Gasteiger charge is 2.45. The Morgan fingerprint density at radius 2 is 1.49 bits per heavy atom. The standard InChI is InChI=1S/C29H34N4O4/c34-25-15-14-24(27(35)31-25)33-28(36)22-8-7-9-23(26(22)29(33)37)30-18-20-10-12-21(13-11-20)19-32-16-5-3-1-2-4-6-17-32/h7-13,24,30H,1-6,14-19H2,(H,31,34,35)/t24-/m0/s1. The molecule has 5 rings (SSSR count). The van der Waals surface area contributed by atoms with E-state index >= 15 is 0 Å². The molecular formula is C29H34N4O4. The number of hydrogen-bond donors (Lipinski definition) is 2. The van der Waals surface area contributed by atoms with Gasteiger partial charge < -0.3 is 5.32 Å². The Labute approximate surface area is 217 Å². The lowest BCUT2D eigenvalue weighted by Crippen LogP contribution is -2.54. The third kappa shape index (κ3) is 5.59. The smallest absolute Gasteiger partial charge is 0.264 e. The number of imide groups is 2. The van der Waals surface area contributed by atoms with E-state index in [1.807, 2.05) is 0 Å².